The van der Waals surface area contributed by atoms with Crippen LogP contribution in [0.5, 0.6) is 0 Å². The predicted molar refractivity (Wildman–Crippen MR) is 73.1 cm³/mol. The summed E-state index contributed by atoms with van der Waals surface area (Å²) < 4.78 is 5.67. The highest BCUT2D eigenvalue weighted by Crippen LogP contribution is 2.61. The number of ether oxygens (including phenoxy) is 1. The maximum atomic E-state index is 11.4. The summed E-state index contributed by atoms with van der Waals surface area (Å²) in [7, 11) is 0. The Morgan fingerprint density at radius 2 is 2.00 bits per heavy atom. The smallest absolute Gasteiger partial charge is 0.303 e. The van der Waals surface area contributed by atoms with Crippen molar-refractivity contribution in [1.29, 1.82) is 0 Å². The standard InChI is InChI=1S/C16H26O2/c1-6-10(2)15(18-11(3)17)14-12-7-8-13(9-12)16(14,4)5/h6,12-15H,7-9H2,1-5H3. The van der Waals surface area contributed by atoms with Gasteiger partial charge in [0.05, 0.1) is 0 Å². The van der Waals surface area contributed by atoms with E-state index >= 15 is 0 Å². The molecule has 4 unspecified atom stereocenters. The largest absolute Gasteiger partial charge is 0.458 e. The van der Waals surface area contributed by atoms with Crippen LogP contribution in [0.25, 0.3) is 0 Å². The van der Waals surface area contributed by atoms with Crippen LogP contribution in [-0.2, 0) is 9.53 Å². The molecule has 2 fully saturated rings. The fourth-order valence-electron chi connectivity index (χ4n) is 4.33. The van der Waals surface area contributed by atoms with Gasteiger partial charge in [-0.1, -0.05) is 19.9 Å². The number of fused-ring (bicyclic) bond motifs is 2. The third-order valence-electron chi connectivity index (χ3n) is 5.42. The van der Waals surface area contributed by atoms with E-state index in [1.54, 1.807) is 0 Å². The third-order valence-corrected chi connectivity index (χ3v) is 5.42. The molecule has 2 bridgehead atoms. The monoisotopic (exact) mass is 250 g/mol. The minimum Gasteiger partial charge on any atom is -0.458 e. The lowest BCUT2D eigenvalue weighted by atomic mass is 9.65. The summed E-state index contributed by atoms with van der Waals surface area (Å²) in [6.45, 7) is 10.4. The van der Waals surface area contributed by atoms with Gasteiger partial charge in [0.15, 0.2) is 0 Å². The molecule has 0 aliphatic heterocycles. The second-order valence-corrected chi connectivity index (χ2v) is 6.68. The lowest BCUT2D eigenvalue weighted by Gasteiger charge is -2.42. The summed E-state index contributed by atoms with van der Waals surface area (Å²) in [6, 6.07) is 0. The molecule has 2 rings (SSSR count). The van der Waals surface area contributed by atoms with Crippen LogP contribution in [0.2, 0.25) is 0 Å². The minimum absolute atomic E-state index is 0.0159. The van der Waals surface area contributed by atoms with E-state index in [9.17, 15) is 4.79 Å². The van der Waals surface area contributed by atoms with Crippen LogP contribution in [0.4, 0.5) is 0 Å². The van der Waals surface area contributed by atoms with Crippen molar-refractivity contribution < 1.29 is 9.53 Å². The third kappa shape index (κ3) is 2.10. The van der Waals surface area contributed by atoms with Gasteiger partial charge < -0.3 is 4.74 Å². The quantitative estimate of drug-likeness (QED) is 0.560. The molecule has 0 aromatic heterocycles. The van der Waals surface area contributed by atoms with Gasteiger partial charge in [-0.15, -0.1) is 0 Å². The highest BCUT2D eigenvalue weighted by Gasteiger charge is 2.56. The Morgan fingerprint density at radius 1 is 1.33 bits per heavy atom. The van der Waals surface area contributed by atoms with Gasteiger partial charge >= 0.3 is 5.97 Å². The molecular formula is C16H26O2. The van der Waals surface area contributed by atoms with Crippen LogP contribution in [0.1, 0.15) is 53.9 Å². The molecular weight excluding hydrogens is 224 g/mol. The van der Waals surface area contributed by atoms with E-state index in [-0.39, 0.29) is 12.1 Å². The molecule has 2 saturated carbocycles. The molecule has 2 aliphatic carbocycles. The summed E-state index contributed by atoms with van der Waals surface area (Å²) in [6.07, 6.45) is 6.07. The van der Waals surface area contributed by atoms with Crippen LogP contribution in [0.3, 0.4) is 0 Å². The Balaban J connectivity index is 2.28. The summed E-state index contributed by atoms with van der Waals surface area (Å²) in [4.78, 5) is 11.4. The zero-order chi connectivity index (χ0) is 13.5. The van der Waals surface area contributed by atoms with Gasteiger partial charge in [0, 0.05) is 12.8 Å². The lowest BCUT2D eigenvalue weighted by Crippen LogP contribution is -2.41. The molecule has 0 spiro atoms. The van der Waals surface area contributed by atoms with E-state index in [2.05, 4.69) is 26.8 Å². The summed E-state index contributed by atoms with van der Waals surface area (Å²) >= 11 is 0. The van der Waals surface area contributed by atoms with Gasteiger partial charge in [-0.05, 0) is 55.9 Å². The average molecular weight is 250 g/mol. The summed E-state index contributed by atoms with van der Waals surface area (Å²) in [5.74, 6) is 1.90. The van der Waals surface area contributed by atoms with Gasteiger partial charge in [-0.3, -0.25) is 4.79 Å². The van der Waals surface area contributed by atoms with E-state index in [0.717, 1.165) is 11.8 Å². The van der Waals surface area contributed by atoms with E-state index in [4.69, 9.17) is 4.74 Å². The van der Waals surface area contributed by atoms with Crippen molar-refractivity contribution in [3.8, 4) is 0 Å². The Labute approximate surface area is 111 Å². The Kier molecular flexibility index (Phi) is 3.57. The molecule has 0 N–H and O–H groups in total. The van der Waals surface area contributed by atoms with E-state index in [0.29, 0.717) is 11.3 Å². The SMILES string of the molecule is CC=C(C)C(OC(C)=O)C1C2CCC(C2)C1(C)C. The van der Waals surface area contributed by atoms with E-state index < -0.39 is 0 Å². The molecule has 0 saturated heterocycles. The van der Waals surface area contributed by atoms with E-state index in [1.807, 2.05) is 6.92 Å². The van der Waals surface area contributed by atoms with Gasteiger partial charge in [-0.25, -0.2) is 0 Å². The average Bonchev–Trinajstić information content (AvgIpc) is 2.83. The van der Waals surface area contributed by atoms with Crippen molar-refractivity contribution in [2.75, 3.05) is 0 Å². The number of allylic oxidation sites excluding steroid dienone is 1. The number of rotatable bonds is 3. The van der Waals surface area contributed by atoms with Crippen molar-refractivity contribution in [3.05, 3.63) is 11.6 Å². The maximum Gasteiger partial charge on any atom is 0.303 e. The van der Waals surface area contributed by atoms with Gasteiger partial charge in [0.25, 0.3) is 0 Å². The molecule has 0 amide bonds. The molecule has 18 heavy (non-hydrogen) atoms. The van der Waals surface area contributed by atoms with E-state index in [1.165, 1.54) is 31.8 Å². The molecule has 4 atom stereocenters. The second kappa shape index (κ2) is 4.71. The van der Waals surface area contributed by atoms with Gasteiger partial charge in [0.1, 0.15) is 6.10 Å². The van der Waals surface area contributed by atoms with Gasteiger partial charge in [0.2, 0.25) is 0 Å². The molecule has 0 heterocycles. The lowest BCUT2D eigenvalue weighted by molar-refractivity contribution is -0.150. The summed E-state index contributed by atoms with van der Waals surface area (Å²) in [5.41, 5.74) is 1.50. The fourth-order valence-corrected chi connectivity index (χ4v) is 4.33. The van der Waals surface area contributed by atoms with Crippen LogP contribution < -0.4 is 0 Å². The minimum atomic E-state index is -0.153. The van der Waals surface area contributed by atoms with Gasteiger partial charge in [-0.2, -0.15) is 0 Å². The summed E-state index contributed by atoms with van der Waals surface area (Å²) in [5, 5.41) is 0. The van der Waals surface area contributed by atoms with Crippen LogP contribution in [-0.4, -0.2) is 12.1 Å². The van der Waals surface area contributed by atoms with Crippen molar-refractivity contribution in [3.63, 3.8) is 0 Å². The number of hydrogen-bond acceptors (Lipinski definition) is 2. The molecule has 0 radical (unpaired) electrons. The zero-order valence-electron chi connectivity index (χ0n) is 12.3. The molecule has 2 aliphatic rings. The normalized spacial score (nSPS) is 35.6. The number of carbonyl (C=O) groups excluding carboxylic acids is 1. The number of carbonyl (C=O) groups is 1. The topological polar surface area (TPSA) is 26.3 Å². The molecule has 0 aromatic carbocycles. The number of esters is 1. The van der Waals surface area contributed by atoms with Crippen LogP contribution in [0.15, 0.2) is 11.6 Å². The molecule has 102 valence electrons. The highest BCUT2D eigenvalue weighted by molar-refractivity contribution is 5.66. The van der Waals surface area contributed by atoms with Crippen molar-refractivity contribution in [2.24, 2.45) is 23.2 Å². The first-order chi connectivity index (χ1) is 8.37. The predicted octanol–water partition coefficient (Wildman–Crippen LogP) is 3.96. The van der Waals surface area contributed by atoms with Crippen LogP contribution >= 0.6 is 0 Å². The first-order valence-corrected chi connectivity index (χ1v) is 7.18. The fraction of sp³-hybridized carbons (Fsp3) is 0.812. The molecule has 0 aromatic rings. The zero-order valence-corrected chi connectivity index (χ0v) is 12.3. The first-order valence-electron chi connectivity index (χ1n) is 7.18. The molecule has 2 nitrogen and oxygen atoms in total. The second-order valence-electron chi connectivity index (χ2n) is 6.68. The maximum absolute atomic E-state index is 11.4. The number of hydrogen-bond donors (Lipinski definition) is 0. The molecule has 2 heteroatoms. The van der Waals surface area contributed by atoms with Crippen molar-refractivity contribution >= 4 is 5.97 Å². The van der Waals surface area contributed by atoms with Crippen molar-refractivity contribution in [1.82, 2.24) is 0 Å². The Bertz CT molecular complexity index is 367. The van der Waals surface area contributed by atoms with Crippen molar-refractivity contribution in [2.45, 2.75) is 60.0 Å². The van der Waals surface area contributed by atoms with Crippen LogP contribution in [0, 0.1) is 23.2 Å². The Hall–Kier alpha value is -0.790. The first kappa shape index (κ1) is 13.6. The Morgan fingerprint density at radius 3 is 2.44 bits per heavy atom. The highest BCUT2D eigenvalue weighted by atomic mass is 16.5.